The van der Waals surface area contributed by atoms with Crippen molar-refractivity contribution in [3.05, 3.63) is 59.3 Å². The molecule has 0 aromatic heterocycles. The Hall–Kier alpha value is -1.30. The van der Waals surface area contributed by atoms with Gasteiger partial charge in [-0.1, -0.05) is 50.8 Å². The zero-order valence-corrected chi connectivity index (χ0v) is 11.0. The van der Waals surface area contributed by atoms with E-state index in [1.165, 1.54) is 28.7 Å². The van der Waals surface area contributed by atoms with Crippen LogP contribution in [0.1, 0.15) is 27.2 Å². The van der Waals surface area contributed by atoms with Gasteiger partial charge in [-0.25, -0.2) is 0 Å². The summed E-state index contributed by atoms with van der Waals surface area (Å²) < 4.78 is 0. The number of hydrogen-bond acceptors (Lipinski definition) is 0. The van der Waals surface area contributed by atoms with Gasteiger partial charge in [0, 0.05) is 5.41 Å². The van der Waals surface area contributed by atoms with E-state index in [2.05, 4.69) is 51.7 Å². The smallest absolute Gasteiger partial charge is 0.0155 e. The predicted octanol–water partition coefficient (Wildman–Crippen LogP) is 4.59. The van der Waals surface area contributed by atoms with Gasteiger partial charge < -0.3 is 0 Å². The van der Waals surface area contributed by atoms with Gasteiger partial charge in [0.25, 0.3) is 0 Å². The van der Waals surface area contributed by atoms with E-state index in [-0.39, 0.29) is 5.41 Å². The molecule has 3 rings (SSSR count). The van der Waals surface area contributed by atoms with E-state index >= 15 is 0 Å². The fraction of sp³-hybridized carbons (Fsp3) is 0.412. The van der Waals surface area contributed by atoms with Crippen LogP contribution in [0.2, 0.25) is 0 Å². The lowest BCUT2D eigenvalue weighted by atomic mass is 9.79. The second kappa shape index (κ2) is 3.35. The summed E-state index contributed by atoms with van der Waals surface area (Å²) in [5.74, 6) is 1.63. The normalized spacial score (nSPS) is 33.1. The highest BCUT2D eigenvalue weighted by Crippen LogP contribution is 2.58. The minimum absolute atomic E-state index is 0.148. The van der Waals surface area contributed by atoms with Crippen LogP contribution in [0, 0.1) is 17.3 Å². The first-order valence-corrected chi connectivity index (χ1v) is 6.54. The van der Waals surface area contributed by atoms with Crippen molar-refractivity contribution < 1.29 is 0 Å². The zero-order valence-electron chi connectivity index (χ0n) is 11.0. The molecule has 1 saturated carbocycles. The minimum Gasteiger partial charge on any atom is -0.0984 e. The van der Waals surface area contributed by atoms with Crippen molar-refractivity contribution in [2.24, 2.45) is 17.3 Å². The molecule has 0 bridgehead atoms. The molecular formula is C17H20. The summed E-state index contributed by atoms with van der Waals surface area (Å²) >= 11 is 0. The quantitative estimate of drug-likeness (QED) is 0.643. The average molecular weight is 224 g/mol. The summed E-state index contributed by atoms with van der Waals surface area (Å²) in [6, 6.07) is 0. The maximum absolute atomic E-state index is 4.01. The van der Waals surface area contributed by atoms with E-state index in [0.29, 0.717) is 0 Å². The predicted molar refractivity (Wildman–Crippen MR) is 73.6 cm³/mol. The fourth-order valence-electron chi connectivity index (χ4n) is 3.32. The van der Waals surface area contributed by atoms with E-state index in [1.54, 1.807) is 0 Å². The van der Waals surface area contributed by atoms with Gasteiger partial charge in [-0.3, -0.25) is 0 Å². The fourth-order valence-corrected chi connectivity index (χ4v) is 3.32. The highest BCUT2D eigenvalue weighted by atomic mass is 14.5. The van der Waals surface area contributed by atoms with Crippen LogP contribution in [0.25, 0.3) is 0 Å². The van der Waals surface area contributed by atoms with Gasteiger partial charge >= 0.3 is 0 Å². The Morgan fingerprint density at radius 1 is 1.29 bits per heavy atom. The molecule has 0 N–H and O–H groups in total. The van der Waals surface area contributed by atoms with Crippen LogP contribution in [0.3, 0.4) is 0 Å². The van der Waals surface area contributed by atoms with Gasteiger partial charge in [-0.2, -0.15) is 0 Å². The first-order chi connectivity index (χ1) is 8.09. The van der Waals surface area contributed by atoms with E-state index in [4.69, 9.17) is 0 Å². The Balaban J connectivity index is 2.21. The Morgan fingerprint density at radius 3 is 2.65 bits per heavy atom. The van der Waals surface area contributed by atoms with Crippen LogP contribution in [-0.4, -0.2) is 0 Å². The zero-order chi connectivity index (χ0) is 12.2. The van der Waals surface area contributed by atoms with Crippen molar-refractivity contribution in [1.82, 2.24) is 0 Å². The van der Waals surface area contributed by atoms with Crippen molar-refractivity contribution in [1.29, 1.82) is 0 Å². The molecule has 17 heavy (non-hydrogen) atoms. The molecule has 3 aliphatic carbocycles. The van der Waals surface area contributed by atoms with Crippen molar-refractivity contribution in [3.63, 3.8) is 0 Å². The van der Waals surface area contributed by atoms with Crippen molar-refractivity contribution >= 4 is 0 Å². The Bertz CT molecular complexity index is 506. The highest BCUT2D eigenvalue weighted by molar-refractivity contribution is 5.69. The first kappa shape index (κ1) is 10.8. The van der Waals surface area contributed by atoms with Gasteiger partial charge in [-0.15, -0.1) is 0 Å². The van der Waals surface area contributed by atoms with E-state index in [0.717, 1.165) is 11.8 Å². The first-order valence-electron chi connectivity index (χ1n) is 6.54. The largest absolute Gasteiger partial charge is 0.0984 e. The summed E-state index contributed by atoms with van der Waals surface area (Å²) in [7, 11) is 0. The van der Waals surface area contributed by atoms with Crippen LogP contribution in [0.5, 0.6) is 0 Å². The molecule has 1 fully saturated rings. The van der Waals surface area contributed by atoms with E-state index < -0.39 is 0 Å². The number of hydrogen-bond donors (Lipinski definition) is 0. The van der Waals surface area contributed by atoms with Gasteiger partial charge in [0.2, 0.25) is 0 Å². The lowest BCUT2D eigenvalue weighted by molar-refractivity contribution is 0.571. The molecule has 0 nitrogen and oxygen atoms in total. The summed E-state index contributed by atoms with van der Waals surface area (Å²) in [5.41, 5.74) is 5.91. The maximum Gasteiger partial charge on any atom is 0.0155 e. The summed E-state index contributed by atoms with van der Waals surface area (Å²) in [5, 5.41) is 0. The lowest BCUT2D eigenvalue weighted by Crippen LogP contribution is -2.13. The summed E-state index contributed by atoms with van der Waals surface area (Å²) in [4.78, 5) is 0. The molecule has 0 spiro atoms. The number of fused-ring (bicyclic) bond motifs is 2. The molecule has 3 aliphatic rings. The third-order valence-electron chi connectivity index (χ3n) is 4.41. The van der Waals surface area contributed by atoms with Gasteiger partial charge in [-0.05, 0) is 47.5 Å². The molecule has 0 aromatic rings. The maximum atomic E-state index is 4.01. The minimum atomic E-state index is 0.148. The Kier molecular flexibility index (Phi) is 2.13. The molecule has 0 radical (unpaired) electrons. The molecule has 2 unspecified atom stereocenters. The molecular weight excluding hydrogens is 204 g/mol. The van der Waals surface area contributed by atoms with Crippen molar-refractivity contribution in [3.8, 4) is 0 Å². The van der Waals surface area contributed by atoms with Gasteiger partial charge in [0.05, 0.1) is 0 Å². The van der Waals surface area contributed by atoms with Crippen LogP contribution in [-0.2, 0) is 0 Å². The van der Waals surface area contributed by atoms with Crippen molar-refractivity contribution in [2.75, 3.05) is 0 Å². The molecule has 2 atom stereocenters. The van der Waals surface area contributed by atoms with E-state index in [1.807, 2.05) is 6.08 Å². The average Bonchev–Trinajstić information content (AvgIpc) is 3.01. The molecule has 0 saturated heterocycles. The topological polar surface area (TPSA) is 0 Å². The van der Waals surface area contributed by atoms with Crippen molar-refractivity contribution in [2.45, 2.75) is 27.2 Å². The van der Waals surface area contributed by atoms with Gasteiger partial charge in [0.15, 0.2) is 0 Å². The summed E-state index contributed by atoms with van der Waals surface area (Å²) in [6.45, 7) is 10.8. The second-order valence-corrected chi connectivity index (χ2v) is 5.88. The summed E-state index contributed by atoms with van der Waals surface area (Å²) in [6.07, 6.45) is 12.8. The molecule has 0 amide bonds. The van der Waals surface area contributed by atoms with E-state index in [9.17, 15) is 0 Å². The molecule has 0 aliphatic heterocycles. The van der Waals surface area contributed by atoms with Crippen LogP contribution in [0.4, 0.5) is 0 Å². The number of allylic oxidation sites excluding steroid dienone is 9. The second-order valence-electron chi connectivity index (χ2n) is 5.88. The van der Waals surface area contributed by atoms with Gasteiger partial charge in [0.1, 0.15) is 0 Å². The standard InChI is InChI=1S/C17H20/c1-5-7-15-13(6-2)14-9-11-8-12(11)10-16(14)17(15,3)4/h5-7,9-12H,2,8H2,1,3-4H3/b7-5-. The highest BCUT2D eigenvalue weighted by Gasteiger charge is 2.45. The molecule has 88 valence electrons. The monoisotopic (exact) mass is 224 g/mol. The van der Waals surface area contributed by atoms with Crippen LogP contribution < -0.4 is 0 Å². The number of rotatable bonds is 2. The molecule has 0 aromatic carbocycles. The third kappa shape index (κ3) is 1.36. The Labute approximate surface area is 104 Å². The van der Waals surface area contributed by atoms with Crippen LogP contribution >= 0.6 is 0 Å². The van der Waals surface area contributed by atoms with Crippen LogP contribution in [0.15, 0.2) is 59.3 Å². The third-order valence-corrected chi connectivity index (χ3v) is 4.41. The molecule has 0 heterocycles. The SMILES string of the molecule is C=CC1=C(/C=C\C)C(C)(C)C2=CC3CC3C=C21. The lowest BCUT2D eigenvalue weighted by Gasteiger charge is -2.25. The Morgan fingerprint density at radius 2 is 2.00 bits per heavy atom. The molecule has 0 heteroatoms.